The first kappa shape index (κ1) is 12.1. The zero-order valence-corrected chi connectivity index (χ0v) is 10.6. The summed E-state index contributed by atoms with van der Waals surface area (Å²) in [5.74, 6) is 0. The lowest BCUT2D eigenvalue weighted by Gasteiger charge is -2.11. The van der Waals surface area contributed by atoms with Crippen molar-refractivity contribution in [2.45, 2.75) is 19.4 Å². The number of aromatic nitrogens is 2. The highest BCUT2D eigenvalue weighted by Crippen LogP contribution is 2.20. The molecule has 2 aromatic rings. The number of rotatable bonds is 3. The van der Waals surface area contributed by atoms with Gasteiger partial charge in [0.2, 0.25) is 0 Å². The van der Waals surface area contributed by atoms with Crippen LogP contribution in [0, 0.1) is 6.92 Å². The number of nitrogens with zero attached hydrogens (tertiary/aromatic N) is 2. The largest absolute Gasteiger partial charge is 0.388 e. The van der Waals surface area contributed by atoms with Crippen molar-refractivity contribution in [1.29, 1.82) is 0 Å². The van der Waals surface area contributed by atoms with Gasteiger partial charge in [-0.25, -0.2) is 0 Å². The number of halogens is 1. The minimum Gasteiger partial charge on any atom is -0.388 e. The van der Waals surface area contributed by atoms with Gasteiger partial charge in [0, 0.05) is 24.2 Å². The lowest BCUT2D eigenvalue weighted by Crippen LogP contribution is -2.06. The van der Waals surface area contributed by atoms with Gasteiger partial charge in [-0.1, -0.05) is 23.7 Å². The summed E-state index contributed by atoms with van der Waals surface area (Å²) in [6.07, 6.45) is 0.0287. The molecule has 0 saturated carbocycles. The van der Waals surface area contributed by atoms with Gasteiger partial charge in [0.05, 0.1) is 11.8 Å². The maximum atomic E-state index is 10.1. The van der Waals surface area contributed by atoms with Gasteiger partial charge in [0.15, 0.2) is 0 Å². The molecule has 0 fully saturated rings. The Kier molecular flexibility index (Phi) is 3.50. The third kappa shape index (κ3) is 2.87. The molecule has 1 aromatic heterocycles. The second-order valence-corrected chi connectivity index (χ2v) is 4.61. The number of hydrogen-bond acceptors (Lipinski definition) is 2. The molecule has 0 radical (unpaired) electrons. The van der Waals surface area contributed by atoms with E-state index >= 15 is 0 Å². The number of aryl methyl sites for hydroxylation is 2. The molecule has 2 rings (SSSR count). The van der Waals surface area contributed by atoms with Crippen LogP contribution < -0.4 is 0 Å². The minimum atomic E-state index is -0.526. The monoisotopic (exact) mass is 250 g/mol. The maximum absolute atomic E-state index is 10.1. The van der Waals surface area contributed by atoms with Crippen LogP contribution in [0.25, 0.3) is 0 Å². The van der Waals surface area contributed by atoms with E-state index in [9.17, 15) is 5.11 Å². The van der Waals surface area contributed by atoms with Crippen LogP contribution in [0.2, 0.25) is 5.02 Å². The number of hydrogen-bond donors (Lipinski definition) is 1. The van der Waals surface area contributed by atoms with E-state index in [0.29, 0.717) is 11.4 Å². The molecule has 90 valence electrons. The van der Waals surface area contributed by atoms with Crippen molar-refractivity contribution >= 4 is 11.6 Å². The summed E-state index contributed by atoms with van der Waals surface area (Å²) in [7, 11) is 1.89. The highest BCUT2D eigenvalue weighted by molar-refractivity contribution is 6.30. The van der Waals surface area contributed by atoms with Crippen LogP contribution in [-0.4, -0.2) is 14.9 Å². The fraction of sp³-hybridized carbons (Fsp3) is 0.308. The van der Waals surface area contributed by atoms with Gasteiger partial charge < -0.3 is 5.11 Å². The SMILES string of the molecule is Cc1cc(CC(O)c2ccc(Cl)cc2)n(C)n1. The van der Waals surface area contributed by atoms with Crippen LogP contribution in [0.15, 0.2) is 30.3 Å². The lowest BCUT2D eigenvalue weighted by molar-refractivity contribution is 0.176. The Morgan fingerprint density at radius 2 is 2.00 bits per heavy atom. The molecule has 1 N–H and O–H groups in total. The standard InChI is InChI=1S/C13H15ClN2O/c1-9-7-12(16(2)15-9)8-13(17)10-3-5-11(14)6-4-10/h3-7,13,17H,8H2,1-2H3. The van der Waals surface area contributed by atoms with Gasteiger partial charge in [-0.15, -0.1) is 0 Å². The third-order valence-electron chi connectivity index (χ3n) is 2.76. The molecule has 1 unspecified atom stereocenters. The highest BCUT2D eigenvalue weighted by atomic mass is 35.5. The molecule has 3 nitrogen and oxygen atoms in total. The van der Waals surface area contributed by atoms with Crippen LogP contribution in [0.4, 0.5) is 0 Å². The summed E-state index contributed by atoms with van der Waals surface area (Å²) >= 11 is 5.81. The molecule has 1 atom stereocenters. The van der Waals surface area contributed by atoms with Gasteiger partial charge in [-0.3, -0.25) is 4.68 Å². The van der Waals surface area contributed by atoms with Gasteiger partial charge in [-0.2, -0.15) is 5.10 Å². The Balaban J connectivity index is 2.13. The Labute approximate surface area is 106 Å². The summed E-state index contributed by atoms with van der Waals surface area (Å²) in [5.41, 5.74) is 2.85. The molecule has 1 heterocycles. The molecule has 0 aliphatic heterocycles. The maximum Gasteiger partial charge on any atom is 0.0845 e. The molecule has 0 saturated heterocycles. The molecule has 0 aliphatic carbocycles. The molecule has 0 bridgehead atoms. The summed E-state index contributed by atoms with van der Waals surface area (Å²) in [4.78, 5) is 0. The predicted octanol–water partition coefficient (Wildman–Crippen LogP) is 2.66. The quantitative estimate of drug-likeness (QED) is 0.910. The lowest BCUT2D eigenvalue weighted by atomic mass is 10.0. The Morgan fingerprint density at radius 1 is 1.35 bits per heavy atom. The second-order valence-electron chi connectivity index (χ2n) is 4.17. The van der Waals surface area contributed by atoms with Crippen molar-refractivity contribution in [2.75, 3.05) is 0 Å². The third-order valence-corrected chi connectivity index (χ3v) is 3.01. The molecule has 4 heteroatoms. The summed E-state index contributed by atoms with van der Waals surface area (Å²) in [6.45, 7) is 1.94. The highest BCUT2D eigenvalue weighted by Gasteiger charge is 2.11. The zero-order chi connectivity index (χ0) is 12.4. The van der Waals surface area contributed by atoms with Crippen molar-refractivity contribution in [2.24, 2.45) is 7.05 Å². The number of benzene rings is 1. The van der Waals surface area contributed by atoms with Gasteiger partial charge in [-0.05, 0) is 30.7 Å². The summed E-state index contributed by atoms with van der Waals surface area (Å²) in [6, 6.07) is 9.24. The van der Waals surface area contributed by atoms with Gasteiger partial charge in [0.25, 0.3) is 0 Å². The molecule has 0 aliphatic rings. The average molecular weight is 251 g/mol. The second kappa shape index (κ2) is 4.90. The fourth-order valence-electron chi connectivity index (χ4n) is 1.86. The van der Waals surface area contributed by atoms with E-state index in [2.05, 4.69) is 5.10 Å². The van der Waals surface area contributed by atoms with E-state index in [1.165, 1.54) is 0 Å². The topological polar surface area (TPSA) is 38.0 Å². The Hall–Kier alpha value is -1.32. The van der Waals surface area contributed by atoms with E-state index in [0.717, 1.165) is 17.0 Å². The van der Waals surface area contributed by atoms with E-state index in [1.807, 2.05) is 32.2 Å². The van der Waals surface area contributed by atoms with Crippen LogP contribution in [0.3, 0.4) is 0 Å². The van der Waals surface area contributed by atoms with Crippen molar-refractivity contribution < 1.29 is 5.11 Å². The predicted molar refractivity (Wildman–Crippen MR) is 68.1 cm³/mol. The first-order valence-corrected chi connectivity index (χ1v) is 5.87. The van der Waals surface area contributed by atoms with Crippen LogP contribution >= 0.6 is 11.6 Å². The molecule has 0 spiro atoms. The van der Waals surface area contributed by atoms with Crippen molar-refractivity contribution in [3.63, 3.8) is 0 Å². The van der Waals surface area contributed by atoms with Crippen LogP contribution in [0.5, 0.6) is 0 Å². The average Bonchev–Trinajstić information content (AvgIpc) is 2.58. The smallest absolute Gasteiger partial charge is 0.0845 e. The van der Waals surface area contributed by atoms with Crippen molar-refractivity contribution in [3.8, 4) is 0 Å². The molecule has 0 amide bonds. The minimum absolute atomic E-state index is 0.526. The molecule has 17 heavy (non-hydrogen) atoms. The van der Waals surface area contributed by atoms with E-state index in [4.69, 9.17) is 11.6 Å². The summed E-state index contributed by atoms with van der Waals surface area (Å²) in [5, 5.41) is 15.0. The summed E-state index contributed by atoms with van der Waals surface area (Å²) < 4.78 is 1.80. The Bertz CT molecular complexity index is 505. The number of aliphatic hydroxyl groups excluding tert-OH is 1. The van der Waals surface area contributed by atoms with Crippen LogP contribution in [-0.2, 0) is 13.5 Å². The van der Waals surface area contributed by atoms with Gasteiger partial charge in [0.1, 0.15) is 0 Å². The first-order valence-electron chi connectivity index (χ1n) is 5.49. The van der Waals surface area contributed by atoms with E-state index in [1.54, 1.807) is 16.8 Å². The zero-order valence-electron chi connectivity index (χ0n) is 9.89. The van der Waals surface area contributed by atoms with E-state index in [-0.39, 0.29) is 0 Å². The van der Waals surface area contributed by atoms with Gasteiger partial charge >= 0.3 is 0 Å². The van der Waals surface area contributed by atoms with Crippen molar-refractivity contribution in [1.82, 2.24) is 9.78 Å². The molecular weight excluding hydrogens is 236 g/mol. The van der Waals surface area contributed by atoms with Crippen LogP contribution in [0.1, 0.15) is 23.1 Å². The number of aliphatic hydroxyl groups is 1. The normalized spacial score (nSPS) is 12.7. The first-order chi connectivity index (χ1) is 8.06. The molecular formula is C13H15ClN2O. The Morgan fingerprint density at radius 3 is 2.53 bits per heavy atom. The van der Waals surface area contributed by atoms with E-state index < -0.39 is 6.10 Å². The molecule has 1 aromatic carbocycles. The van der Waals surface area contributed by atoms with Crippen molar-refractivity contribution in [3.05, 3.63) is 52.3 Å². The fourth-order valence-corrected chi connectivity index (χ4v) is 1.98.